The molecule has 0 atom stereocenters. The van der Waals surface area contributed by atoms with Crippen molar-refractivity contribution in [1.82, 2.24) is 10.4 Å². The van der Waals surface area contributed by atoms with E-state index in [2.05, 4.69) is 18.9 Å². The molecule has 2 heteroatoms. The van der Waals surface area contributed by atoms with Crippen molar-refractivity contribution in [2.75, 3.05) is 14.1 Å². The highest BCUT2D eigenvalue weighted by atomic mass is 15.5. The number of nitrogens with zero attached hydrogens (tertiary/aromatic N) is 1. The van der Waals surface area contributed by atoms with Gasteiger partial charge in [0.05, 0.1) is 0 Å². The van der Waals surface area contributed by atoms with Crippen LogP contribution in [0.5, 0.6) is 0 Å². The van der Waals surface area contributed by atoms with Gasteiger partial charge in [-0.15, -0.1) is 0 Å². The van der Waals surface area contributed by atoms with Crippen molar-refractivity contribution in [3.05, 3.63) is 12.3 Å². The third-order valence-corrected chi connectivity index (χ3v) is 0.808. The van der Waals surface area contributed by atoms with Crippen molar-refractivity contribution in [1.29, 1.82) is 0 Å². The summed E-state index contributed by atoms with van der Waals surface area (Å²) in [6, 6.07) is 0. The summed E-state index contributed by atoms with van der Waals surface area (Å²) in [7, 11) is 3.89. The van der Waals surface area contributed by atoms with Crippen molar-refractivity contribution in [2.45, 2.75) is 13.3 Å². The third-order valence-electron chi connectivity index (χ3n) is 0.808. The standard InChI is InChI=1S/C6H14N2/c1-5-6(2)7-8(3)4/h7H,2,5H2,1,3-4H3. The summed E-state index contributed by atoms with van der Waals surface area (Å²) < 4.78 is 0. The Bertz CT molecular complexity index is 76.6. The average molecular weight is 114 g/mol. The summed E-state index contributed by atoms with van der Waals surface area (Å²) in [5.74, 6) is 0. The van der Waals surface area contributed by atoms with Crippen LogP contribution >= 0.6 is 0 Å². The topological polar surface area (TPSA) is 15.3 Å². The molecule has 0 aromatic carbocycles. The van der Waals surface area contributed by atoms with Crippen LogP contribution in [0.1, 0.15) is 13.3 Å². The van der Waals surface area contributed by atoms with E-state index in [0.29, 0.717) is 0 Å². The van der Waals surface area contributed by atoms with Crippen LogP contribution in [0.3, 0.4) is 0 Å². The van der Waals surface area contributed by atoms with Gasteiger partial charge in [-0.2, -0.15) is 0 Å². The van der Waals surface area contributed by atoms with Gasteiger partial charge in [0.1, 0.15) is 0 Å². The molecule has 8 heavy (non-hydrogen) atoms. The van der Waals surface area contributed by atoms with Gasteiger partial charge in [0, 0.05) is 19.8 Å². The quantitative estimate of drug-likeness (QED) is 0.550. The van der Waals surface area contributed by atoms with E-state index < -0.39 is 0 Å². The first-order valence-corrected chi connectivity index (χ1v) is 2.78. The van der Waals surface area contributed by atoms with E-state index >= 15 is 0 Å². The molecule has 0 heterocycles. The molecule has 0 radical (unpaired) electrons. The number of rotatable bonds is 3. The van der Waals surface area contributed by atoms with E-state index in [1.54, 1.807) is 0 Å². The Balaban J connectivity index is 3.25. The predicted molar refractivity (Wildman–Crippen MR) is 36.3 cm³/mol. The minimum atomic E-state index is 0.984. The second kappa shape index (κ2) is 3.50. The Hall–Kier alpha value is -0.500. The summed E-state index contributed by atoms with van der Waals surface area (Å²) in [6.07, 6.45) is 0.984. The van der Waals surface area contributed by atoms with Crippen molar-refractivity contribution in [3.8, 4) is 0 Å². The van der Waals surface area contributed by atoms with Gasteiger partial charge in [-0.1, -0.05) is 13.5 Å². The molecule has 0 rings (SSSR count). The molecule has 0 unspecified atom stereocenters. The smallest absolute Gasteiger partial charge is 0.0189 e. The number of allylic oxidation sites excluding steroid dienone is 1. The number of nitrogens with one attached hydrogen (secondary N) is 1. The number of hydrogen-bond donors (Lipinski definition) is 1. The molecule has 48 valence electrons. The van der Waals surface area contributed by atoms with Crippen molar-refractivity contribution < 1.29 is 0 Å². The lowest BCUT2D eigenvalue weighted by atomic mass is 10.4. The third kappa shape index (κ3) is 3.68. The maximum atomic E-state index is 3.76. The van der Waals surface area contributed by atoms with E-state index in [4.69, 9.17) is 0 Å². The molecule has 2 nitrogen and oxygen atoms in total. The molecule has 0 amide bonds. The molecule has 0 aromatic rings. The first-order chi connectivity index (χ1) is 3.66. The summed E-state index contributed by atoms with van der Waals surface area (Å²) in [6.45, 7) is 5.83. The SMILES string of the molecule is C=C(CC)NN(C)C. The highest BCUT2D eigenvalue weighted by molar-refractivity contribution is 4.86. The van der Waals surface area contributed by atoms with Gasteiger partial charge in [0.15, 0.2) is 0 Å². The second-order valence-electron chi connectivity index (χ2n) is 1.96. The lowest BCUT2D eigenvalue weighted by molar-refractivity contribution is 0.324. The van der Waals surface area contributed by atoms with Crippen molar-refractivity contribution in [3.63, 3.8) is 0 Å². The molecule has 0 aliphatic heterocycles. The number of hydrazine groups is 1. The Morgan fingerprint density at radius 3 is 2.25 bits per heavy atom. The minimum absolute atomic E-state index is 0.984. The molecule has 0 spiro atoms. The lowest BCUT2D eigenvalue weighted by Gasteiger charge is -2.13. The zero-order valence-corrected chi connectivity index (χ0v) is 5.86. The van der Waals surface area contributed by atoms with Gasteiger partial charge >= 0.3 is 0 Å². The maximum Gasteiger partial charge on any atom is 0.0189 e. The van der Waals surface area contributed by atoms with Gasteiger partial charge in [0.25, 0.3) is 0 Å². The zero-order chi connectivity index (χ0) is 6.57. The Morgan fingerprint density at radius 1 is 1.62 bits per heavy atom. The van der Waals surface area contributed by atoms with Gasteiger partial charge in [-0.25, -0.2) is 5.01 Å². The van der Waals surface area contributed by atoms with Gasteiger partial charge < -0.3 is 5.43 Å². The molecule has 0 saturated heterocycles. The van der Waals surface area contributed by atoms with Gasteiger partial charge in [-0.3, -0.25) is 0 Å². The molecule has 0 fully saturated rings. The molecule has 0 aliphatic carbocycles. The van der Waals surface area contributed by atoms with Crippen LogP contribution in [0.2, 0.25) is 0 Å². The monoisotopic (exact) mass is 114 g/mol. The minimum Gasteiger partial charge on any atom is -0.324 e. The van der Waals surface area contributed by atoms with Gasteiger partial charge in [-0.05, 0) is 6.42 Å². The Labute approximate surface area is 51.2 Å². The number of hydrogen-bond acceptors (Lipinski definition) is 2. The lowest BCUT2D eigenvalue weighted by Crippen LogP contribution is -2.28. The van der Waals surface area contributed by atoms with E-state index in [1.165, 1.54) is 0 Å². The Kier molecular flexibility index (Phi) is 3.28. The summed E-state index contributed by atoms with van der Waals surface area (Å²) >= 11 is 0. The second-order valence-corrected chi connectivity index (χ2v) is 1.96. The predicted octanol–water partition coefficient (Wildman–Crippen LogP) is 0.976. The van der Waals surface area contributed by atoms with Crippen LogP contribution in [0, 0.1) is 0 Å². The van der Waals surface area contributed by atoms with Crippen LogP contribution in [-0.2, 0) is 0 Å². The summed E-state index contributed by atoms with van der Waals surface area (Å²) in [5, 5.41) is 1.88. The van der Waals surface area contributed by atoms with Crippen molar-refractivity contribution in [2.24, 2.45) is 0 Å². The van der Waals surface area contributed by atoms with Crippen LogP contribution in [-0.4, -0.2) is 19.1 Å². The molecule has 1 N–H and O–H groups in total. The molecular weight excluding hydrogens is 100 g/mol. The van der Waals surface area contributed by atoms with E-state index in [1.807, 2.05) is 19.1 Å². The van der Waals surface area contributed by atoms with Crippen LogP contribution < -0.4 is 5.43 Å². The zero-order valence-electron chi connectivity index (χ0n) is 5.86. The highest BCUT2D eigenvalue weighted by Gasteiger charge is 1.86. The average Bonchev–Trinajstić information content (AvgIpc) is 1.65. The largest absolute Gasteiger partial charge is 0.324 e. The molecule has 0 aromatic heterocycles. The van der Waals surface area contributed by atoms with E-state index in [-0.39, 0.29) is 0 Å². The van der Waals surface area contributed by atoms with Crippen LogP contribution in [0.15, 0.2) is 12.3 Å². The van der Waals surface area contributed by atoms with E-state index in [0.717, 1.165) is 12.1 Å². The maximum absolute atomic E-state index is 3.76. The molecule has 0 bridgehead atoms. The fraction of sp³-hybridized carbons (Fsp3) is 0.667. The fourth-order valence-electron chi connectivity index (χ4n) is 0.395. The molecular formula is C6H14N2. The summed E-state index contributed by atoms with van der Waals surface area (Å²) in [5.41, 5.74) is 4.08. The van der Waals surface area contributed by atoms with E-state index in [9.17, 15) is 0 Å². The highest BCUT2D eigenvalue weighted by Crippen LogP contribution is 1.88. The van der Waals surface area contributed by atoms with Crippen LogP contribution in [0.25, 0.3) is 0 Å². The normalized spacial score (nSPS) is 9.50. The first kappa shape index (κ1) is 7.50. The Morgan fingerprint density at radius 2 is 2.12 bits per heavy atom. The van der Waals surface area contributed by atoms with Crippen molar-refractivity contribution >= 4 is 0 Å². The molecule has 0 saturated carbocycles. The first-order valence-electron chi connectivity index (χ1n) is 2.78. The fourth-order valence-corrected chi connectivity index (χ4v) is 0.395. The summed E-state index contributed by atoms with van der Waals surface area (Å²) in [4.78, 5) is 0. The van der Waals surface area contributed by atoms with Gasteiger partial charge in [0.2, 0.25) is 0 Å². The van der Waals surface area contributed by atoms with Crippen LogP contribution in [0.4, 0.5) is 0 Å². The molecule has 0 aliphatic rings.